The Labute approximate surface area is 176 Å². The van der Waals surface area contributed by atoms with Gasteiger partial charge >= 0.3 is 0 Å². The van der Waals surface area contributed by atoms with Crippen LogP contribution in [-0.2, 0) is 0 Å². The molecule has 0 unspecified atom stereocenters. The molecule has 2 bridgehead atoms. The number of nitrogens with one attached hydrogen (secondary N) is 2. The third-order valence-electron chi connectivity index (χ3n) is 6.50. The Morgan fingerprint density at radius 1 is 1.27 bits per heavy atom. The van der Waals surface area contributed by atoms with Gasteiger partial charge in [-0.2, -0.15) is 10.4 Å². The third-order valence-corrected chi connectivity index (χ3v) is 6.50. The second kappa shape index (κ2) is 7.22. The largest absolute Gasteiger partial charge is 0.362 e. The van der Waals surface area contributed by atoms with Gasteiger partial charge in [-0.15, -0.1) is 5.10 Å². The van der Waals surface area contributed by atoms with Crippen LogP contribution < -0.4 is 15.5 Å². The molecule has 0 saturated carbocycles. The summed E-state index contributed by atoms with van der Waals surface area (Å²) >= 11 is 0. The fourth-order valence-electron chi connectivity index (χ4n) is 4.79. The van der Waals surface area contributed by atoms with Gasteiger partial charge in [0.1, 0.15) is 5.82 Å². The molecule has 3 atom stereocenters. The van der Waals surface area contributed by atoms with Crippen LogP contribution in [0, 0.1) is 25.2 Å². The lowest BCUT2D eigenvalue weighted by atomic mass is 9.98. The van der Waals surface area contributed by atoms with Crippen molar-refractivity contribution in [3.8, 4) is 6.07 Å². The van der Waals surface area contributed by atoms with E-state index < -0.39 is 0 Å². The van der Waals surface area contributed by atoms with E-state index >= 15 is 0 Å². The number of nitriles is 1. The summed E-state index contributed by atoms with van der Waals surface area (Å²) in [6.45, 7) is 8.06. The maximum Gasteiger partial charge on any atom is 0.157 e. The second-order valence-electron chi connectivity index (χ2n) is 8.37. The van der Waals surface area contributed by atoms with E-state index in [0.29, 0.717) is 17.6 Å². The van der Waals surface area contributed by atoms with Gasteiger partial charge in [-0.05, 0) is 50.5 Å². The van der Waals surface area contributed by atoms with Gasteiger partial charge in [0, 0.05) is 42.1 Å². The molecule has 3 aromatic rings. The SMILES string of the molecule is Cc1c(C#N)cccc1[C@@H](C)Nc1nnc(C)c2cnc(N3C[C@@H]4C[C@H]3CN4)cc12. The lowest BCUT2D eigenvalue weighted by Gasteiger charge is -2.28. The Morgan fingerprint density at radius 3 is 2.87 bits per heavy atom. The smallest absolute Gasteiger partial charge is 0.157 e. The molecular formula is C23H25N7. The minimum absolute atomic E-state index is 0.0119. The van der Waals surface area contributed by atoms with Crippen molar-refractivity contribution in [3.63, 3.8) is 0 Å². The molecule has 2 N–H and O–H groups in total. The van der Waals surface area contributed by atoms with Gasteiger partial charge in [-0.1, -0.05) is 12.1 Å². The van der Waals surface area contributed by atoms with Crippen molar-refractivity contribution in [3.05, 3.63) is 52.8 Å². The third kappa shape index (κ3) is 3.04. The average molecular weight is 400 g/mol. The number of hydrogen-bond acceptors (Lipinski definition) is 7. The molecule has 2 fully saturated rings. The van der Waals surface area contributed by atoms with Crippen molar-refractivity contribution in [2.45, 2.75) is 45.3 Å². The summed E-state index contributed by atoms with van der Waals surface area (Å²) in [7, 11) is 0. The van der Waals surface area contributed by atoms with E-state index in [1.54, 1.807) is 0 Å². The molecule has 1 aromatic carbocycles. The minimum atomic E-state index is -0.0119. The van der Waals surface area contributed by atoms with E-state index in [1.165, 1.54) is 6.42 Å². The summed E-state index contributed by atoms with van der Waals surface area (Å²) < 4.78 is 0. The zero-order chi connectivity index (χ0) is 20.8. The first-order valence-corrected chi connectivity index (χ1v) is 10.4. The van der Waals surface area contributed by atoms with Crippen LogP contribution in [-0.4, -0.2) is 40.4 Å². The number of aryl methyl sites for hydroxylation is 1. The van der Waals surface area contributed by atoms with E-state index in [2.05, 4.69) is 50.9 Å². The van der Waals surface area contributed by atoms with Crippen molar-refractivity contribution >= 4 is 22.4 Å². The maximum atomic E-state index is 9.36. The number of piperazine rings is 1. The van der Waals surface area contributed by atoms with Gasteiger partial charge in [0.2, 0.25) is 0 Å². The molecule has 5 rings (SSSR count). The van der Waals surface area contributed by atoms with E-state index in [0.717, 1.165) is 52.3 Å². The van der Waals surface area contributed by atoms with Crippen LogP contribution in [0.25, 0.3) is 10.8 Å². The number of anilines is 2. The van der Waals surface area contributed by atoms with Gasteiger partial charge in [0.05, 0.1) is 23.4 Å². The van der Waals surface area contributed by atoms with Crippen LogP contribution in [0.2, 0.25) is 0 Å². The lowest BCUT2D eigenvalue weighted by Crippen LogP contribution is -2.43. The first-order chi connectivity index (χ1) is 14.5. The molecule has 0 spiro atoms. The van der Waals surface area contributed by atoms with Crippen molar-refractivity contribution < 1.29 is 0 Å². The average Bonchev–Trinajstić information content (AvgIpc) is 3.39. The molecule has 4 heterocycles. The first kappa shape index (κ1) is 18.8. The number of pyridine rings is 1. The van der Waals surface area contributed by atoms with Crippen LogP contribution >= 0.6 is 0 Å². The van der Waals surface area contributed by atoms with E-state index in [1.807, 2.05) is 32.2 Å². The molecular weight excluding hydrogens is 374 g/mol. The van der Waals surface area contributed by atoms with Gasteiger partial charge in [0.25, 0.3) is 0 Å². The van der Waals surface area contributed by atoms with Gasteiger partial charge < -0.3 is 15.5 Å². The van der Waals surface area contributed by atoms with E-state index in [4.69, 9.17) is 4.98 Å². The highest BCUT2D eigenvalue weighted by molar-refractivity contribution is 5.94. The number of fused-ring (bicyclic) bond motifs is 3. The molecule has 2 aliphatic heterocycles. The highest BCUT2D eigenvalue weighted by atomic mass is 15.3. The van der Waals surface area contributed by atoms with Crippen molar-refractivity contribution in [2.75, 3.05) is 23.3 Å². The molecule has 7 nitrogen and oxygen atoms in total. The highest BCUT2D eigenvalue weighted by Crippen LogP contribution is 2.33. The molecule has 7 heteroatoms. The summed E-state index contributed by atoms with van der Waals surface area (Å²) in [5.74, 6) is 1.75. The molecule has 0 aliphatic carbocycles. The van der Waals surface area contributed by atoms with Crippen LogP contribution in [0.5, 0.6) is 0 Å². The molecule has 30 heavy (non-hydrogen) atoms. The summed E-state index contributed by atoms with van der Waals surface area (Å²) in [6.07, 6.45) is 3.11. The van der Waals surface area contributed by atoms with E-state index in [9.17, 15) is 5.26 Å². The van der Waals surface area contributed by atoms with Crippen LogP contribution in [0.1, 0.15) is 41.8 Å². The van der Waals surface area contributed by atoms with Crippen LogP contribution in [0.4, 0.5) is 11.6 Å². The Kier molecular flexibility index (Phi) is 4.52. The molecule has 2 saturated heterocycles. The maximum absolute atomic E-state index is 9.36. The number of aromatic nitrogens is 3. The standard InChI is InChI=1S/C23H25N7/c1-13-16(9-24)5-4-6-19(13)14(2)27-23-20-8-22(26-11-21(20)15(3)28-29-23)30-12-17-7-18(30)10-25-17/h4-6,8,11,14,17-18,25H,7,10,12H2,1-3H3,(H,27,29)/t14-,17+,18+/m1/s1. The summed E-state index contributed by atoms with van der Waals surface area (Å²) in [4.78, 5) is 7.16. The van der Waals surface area contributed by atoms with Crippen LogP contribution in [0.15, 0.2) is 30.5 Å². The van der Waals surface area contributed by atoms with Gasteiger partial charge in [-0.3, -0.25) is 0 Å². The zero-order valence-corrected chi connectivity index (χ0v) is 17.5. The Bertz CT molecular complexity index is 1170. The molecule has 0 radical (unpaired) electrons. The summed E-state index contributed by atoms with van der Waals surface area (Å²) in [5, 5.41) is 27.3. The number of rotatable bonds is 4. The zero-order valence-electron chi connectivity index (χ0n) is 17.5. The molecule has 0 amide bonds. The van der Waals surface area contributed by atoms with Gasteiger partial charge in [0.15, 0.2) is 5.82 Å². The Balaban J connectivity index is 1.52. The summed E-state index contributed by atoms with van der Waals surface area (Å²) in [5.41, 5.74) is 3.65. The van der Waals surface area contributed by atoms with Crippen molar-refractivity contribution in [2.24, 2.45) is 0 Å². The van der Waals surface area contributed by atoms with Crippen LogP contribution in [0.3, 0.4) is 0 Å². The van der Waals surface area contributed by atoms with Crippen molar-refractivity contribution in [1.82, 2.24) is 20.5 Å². The Morgan fingerprint density at radius 2 is 2.13 bits per heavy atom. The summed E-state index contributed by atoms with van der Waals surface area (Å²) in [6, 6.07) is 11.3. The number of nitrogens with zero attached hydrogens (tertiary/aromatic N) is 5. The molecule has 2 aromatic heterocycles. The quantitative estimate of drug-likeness (QED) is 0.696. The fraction of sp³-hybridized carbons (Fsp3) is 0.391. The van der Waals surface area contributed by atoms with Crippen molar-refractivity contribution in [1.29, 1.82) is 5.26 Å². The lowest BCUT2D eigenvalue weighted by molar-refractivity contribution is 0.576. The minimum Gasteiger partial charge on any atom is -0.362 e. The van der Waals surface area contributed by atoms with Gasteiger partial charge in [-0.25, -0.2) is 4.98 Å². The predicted molar refractivity (Wildman–Crippen MR) is 118 cm³/mol. The highest BCUT2D eigenvalue weighted by Gasteiger charge is 2.38. The van der Waals surface area contributed by atoms with E-state index in [-0.39, 0.29) is 6.04 Å². The first-order valence-electron chi connectivity index (χ1n) is 10.4. The molecule has 152 valence electrons. The second-order valence-corrected chi connectivity index (χ2v) is 8.37. The number of hydrogen-bond donors (Lipinski definition) is 2. The topological polar surface area (TPSA) is 89.8 Å². The number of benzene rings is 1. The monoisotopic (exact) mass is 399 g/mol. The Hall–Kier alpha value is -3.24. The fourth-order valence-corrected chi connectivity index (χ4v) is 4.79. The molecule has 2 aliphatic rings. The normalized spacial score (nSPS) is 21.1. The predicted octanol–water partition coefficient (Wildman–Crippen LogP) is 3.24.